The molecule has 1 fully saturated rings. The van der Waals surface area contributed by atoms with Crippen molar-refractivity contribution < 1.29 is 14.9 Å². The van der Waals surface area contributed by atoms with Gasteiger partial charge >= 0.3 is 0 Å². The van der Waals surface area contributed by atoms with Crippen LogP contribution >= 0.6 is 0 Å². The molecule has 0 bridgehead atoms. The Morgan fingerprint density at radius 3 is 2.68 bits per heavy atom. The fourth-order valence-electron chi connectivity index (χ4n) is 2.61. The Morgan fingerprint density at radius 1 is 1.26 bits per heavy atom. The molecule has 19 heavy (non-hydrogen) atoms. The van der Waals surface area contributed by atoms with Crippen LogP contribution in [0, 0.1) is 5.92 Å². The normalized spacial score (nSPS) is 27.2. The van der Waals surface area contributed by atoms with E-state index >= 15 is 0 Å². The molecule has 1 aliphatic rings. The zero-order chi connectivity index (χ0) is 14.1. The summed E-state index contributed by atoms with van der Waals surface area (Å²) in [6.07, 6.45) is 6.36. The molecule has 0 aromatic heterocycles. The average molecular weight is 273 g/mol. The summed E-state index contributed by atoms with van der Waals surface area (Å²) in [5.74, 6) is 0.625. The van der Waals surface area contributed by atoms with Crippen LogP contribution in [0.2, 0.25) is 0 Å². The second kappa shape index (κ2) is 9.70. The van der Waals surface area contributed by atoms with E-state index < -0.39 is 6.10 Å². The predicted octanol–water partition coefficient (Wildman–Crippen LogP) is 1.69. The molecule has 0 radical (unpaired) electrons. The molecule has 4 unspecified atom stereocenters. The maximum absolute atomic E-state index is 9.84. The minimum atomic E-state index is -0.430. The zero-order valence-electron chi connectivity index (χ0n) is 12.5. The first-order valence-corrected chi connectivity index (χ1v) is 7.78. The molecule has 1 saturated carbocycles. The van der Waals surface area contributed by atoms with Gasteiger partial charge in [-0.15, -0.1) is 0 Å². The van der Waals surface area contributed by atoms with Crippen LogP contribution in [-0.2, 0) is 4.74 Å². The quantitative estimate of drug-likeness (QED) is 0.560. The smallest absolute Gasteiger partial charge is 0.0897 e. The second-order valence-corrected chi connectivity index (χ2v) is 5.98. The van der Waals surface area contributed by atoms with Gasteiger partial charge < -0.3 is 20.3 Å². The SMILES string of the molecule is CC(O)CCCNCC(O)COC1CCCCC1C. The average Bonchev–Trinajstić information content (AvgIpc) is 2.37. The Morgan fingerprint density at radius 2 is 2.00 bits per heavy atom. The molecule has 0 aliphatic heterocycles. The Hall–Kier alpha value is -0.160. The molecule has 4 atom stereocenters. The summed E-state index contributed by atoms with van der Waals surface area (Å²) in [6, 6.07) is 0. The van der Waals surface area contributed by atoms with Gasteiger partial charge in [0.05, 0.1) is 24.9 Å². The zero-order valence-corrected chi connectivity index (χ0v) is 12.5. The number of aliphatic hydroxyl groups is 2. The molecule has 4 heteroatoms. The van der Waals surface area contributed by atoms with Crippen molar-refractivity contribution in [2.75, 3.05) is 19.7 Å². The van der Waals surface area contributed by atoms with Gasteiger partial charge in [0, 0.05) is 6.54 Å². The number of rotatable bonds is 9. The molecule has 0 aromatic carbocycles. The highest BCUT2D eigenvalue weighted by Crippen LogP contribution is 2.26. The van der Waals surface area contributed by atoms with E-state index in [1.54, 1.807) is 6.92 Å². The largest absolute Gasteiger partial charge is 0.393 e. The van der Waals surface area contributed by atoms with Crippen LogP contribution in [0.25, 0.3) is 0 Å². The first kappa shape index (κ1) is 16.9. The maximum Gasteiger partial charge on any atom is 0.0897 e. The van der Waals surface area contributed by atoms with Gasteiger partial charge in [-0.2, -0.15) is 0 Å². The van der Waals surface area contributed by atoms with Crippen molar-refractivity contribution in [3.8, 4) is 0 Å². The van der Waals surface area contributed by atoms with Crippen molar-refractivity contribution in [3.63, 3.8) is 0 Å². The Bertz CT molecular complexity index is 223. The van der Waals surface area contributed by atoms with E-state index in [0.717, 1.165) is 25.8 Å². The molecule has 0 amide bonds. The van der Waals surface area contributed by atoms with Gasteiger partial charge in [-0.25, -0.2) is 0 Å². The molecule has 0 aromatic rings. The maximum atomic E-state index is 9.84. The summed E-state index contributed by atoms with van der Waals surface area (Å²) in [5.41, 5.74) is 0. The van der Waals surface area contributed by atoms with Crippen molar-refractivity contribution in [2.24, 2.45) is 5.92 Å². The summed E-state index contributed by atoms with van der Waals surface area (Å²) in [7, 11) is 0. The fourth-order valence-corrected chi connectivity index (χ4v) is 2.61. The highest BCUT2D eigenvalue weighted by molar-refractivity contribution is 4.73. The number of hydrogen-bond acceptors (Lipinski definition) is 4. The Balaban J connectivity index is 1.99. The van der Waals surface area contributed by atoms with Gasteiger partial charge in [0.15, 0.2) is 0 Å². The van der Waals surface area contributed by atoms with Crippen LogP contribution in [-0.4, -0.2) is 48.2 Å². The molecule has 114 valence electrons. The number of nitrogens with one attached hydrogen (secondary N) is 1. The van der Waals surface area contributed by atoms with Gasteiger partial charge in [0.1, 0.15) is 0 Å². The molecule has 0 spiro atoms. The number of hydrogen-bond donors (Lipinski definition) is 3. The van der Waals surface area contributed by atoms with Crippen LogP contribution < -0.4 is 5.32 Å². The summed E-state index contributed by atoms with van der Waals surface area (Å²) in [6.45, 7) is 5.87. The molecular weight excluding hydrogens is 242 g/mol. The lowest BCUT2D eigenvalue weighted by Gasteiger charge is -2.29. The van der Waals surface area contributed by atoms with Gasteiger partial charge in [0.25, 0.3) is 0 Å². The summed E-state index contributed by atoms with van der Waals surface area (Å²) >= 11 is 0. The van der Waals surface area contributed by atoms with Gasteiger partial charge in [-0.05, 0) is 45.1 Å². The van der Waals surface area contributed by atoms with Crippen LogP contribution in [0.5, 0.6) is 0 Å². The van der Waals surface area contributed by atoms with Crippen molar-refractivity contribution in [3.05, 3.63) is 0 Å². The third-order valence-electron chi connectivity index (χ3n) is 3.89. The van der Waals surface area contributed by atoms with Crippen molar-refractivity contribution in [1.29, 1.82) is 0 Å². The molecule has 3 N–H and O–H groups in total. The van der Waals surface area contributed by atoms with Crippen LogP contribution in [0.15, 0.2) is 0 Å². The van der Waals surface area contributed by atoms with Crippen LogP contribution in [0.4, 0.5) is 0 Å². The van der Waals surface area contributed by atoms with E-state index in [0.29, 0.717) is 25.2 Å². The highest BCUT2D eigenvalue weighted by Gasteiger charge is 2.22. The van der Waals surface area contributed by atoms with E-state index in [-0.39, 0.29) is 6.10 Å². The standard InChI is InChI=1S/C15H31NO3/c1-12-6-3-4-8-15(12)19-11-14(18)10-16-9-5-7-13(2)17/h12-18H,3-11H2,1-2H3. The minimum Gasteiger partial charge on any atom is -0.393 e. The van der Waals surface area contributed by atoms with E-state index in [9.17, 15) is 5.11 Å². The van der Waals surface area contributed by atoms with Gasteiger partial charge in [0.2, 0.25) is 0 Å². The van der Waals surface area contributed by atoms with E-state index in [1.165, 1.54) is 19.3 Å². The Labute approximate surface area is 117 Å². The topological polar surface area (TPSA) is 61.7 Å². The predicted molar refractivity (Wildman–Crippen MR) is 77.2 cm³/mol. The molecule has 0 saturated heterocycles. The summed E-state index contributed by atoms with van der Waals surface area (Å²) < 4.78 is 5.82. The van der Waals surface area contributed by atoms with Crippen molar-refractivity contribution >= 4 is 0 Å². The number of aliphatic hydroxyl groups excluding tert-OH is 2. The first-order chi connectivity index (χ1) is 9.09. The van der Waals surface area contributed by atoms with E-state index in [1.807, 2.05) is 0 Å². The van der Waals surface area contributed by atoms with E-state index in [4.69, 9.17) is 9.84 Å². The van der Waals surface area contributed by atoms with Gasteiger partial charge in [-0.3, -0.25) is 0 Å². The molecular formula is C15H31NO3. The minimum absolute atomic E-state index is 0.233. The first-order valence-electron chi connectivity index (χ1n) is 7.78. The van der Waals surface area contributed by atoms with Crippen LogP contribution in [0.1, 0.15) is 52.4 Å². The summed E-state index contributed by atoms with van der Waals surface area (Å²) in [5, 5.41) is 22.2. The third-order valence-corrected chi connectivity index (χ3v) is 3.89. The lowest BCUT2D eigenvalue weighted by Crippen LogP contribution is -2.34. The molecule has 0 heterocycles. The third kappa shape index (κ3) is 7.88. The fraction of sp³-hybridized carbons (Fsp3) is 1.00. The molecule has 1 rings (SSSR count). The lowest BCUT2D eigenvalue weighted by atomic mass is 9.88. The molecule has 4 nitrogen and oxygen atoms in total. The van der Waals surface area contributed by atoms with Gasteiger partial charge in [-0.1, -0.05) is 19.8 Å². The monoisotopic (exact) mass is 273 g/mol. The highest BCUT2D eigenvalue weighted by atomic mass is 16.5. The van der Waals surface area contributed by atoms with E-state index in [2.05, 4.69) is 12.2 Å². The number of ether oxygens (including phenoxy) is 1. The van der Waals surface area contributed by atoms with Crippen molar-refractivity contribution in [1.82, 2.24) is 5.32 Å². The molecule has 1 aliphatic carbocycles. The summed E-state index contributed by atoms with van der Waals surface area (Å²) in [4.78, 5) is 0. The van der Waals surface area contributed by atoms with Crippen LogP contribution in [0.3, 0.4) is 0 Å². The Kier molecular flexibility index (Phi) is 8.62. The second-order valence-electron chi connectivity index (χ2n) is 5.98. The van der Waals surface area contributed by atoms with Crippen molar-refractivity contribution in [2.45, 2.75) is 70.7 Å². The lowest BCUT2D eigenvalue weighted by molar-refractivity contribution is -0.0451.